The number of allylic oxidation sites excluding steroid dienone is 2. The zero-order chi connectivity index (χ0) is 18.6. The summed E-state index contributed by atoms with van der Waals surface area (Å²) < 4.78 is 32.5. The molecule has 3 rings (SSSR count). The van der Waals surface area contributed by atoms with Crippen molar-refractivity contribution in [2.24, 2.45) is 11.8 Å². The summed E-state index contributed by atoms with van der Waals surface area (Å²) in [5.74, 6) is 1.33. The highest BCUT2D eigenvalue weighted by Crippen LogP contribution is 2.46. The van der Waals surface area contributed by atoms with Crippen LogP contribution in [0.25, 0.3) is 0 Å². The van der Waals surface area contributed by atoms with Gasteiger partial charge in [0.15, 0.2) is 12.6 Å². The molecule has 2 aliphatic heterocycles. The highest BCUT2D eigenvalue weighted by Gasteiger charge is 2.46. The van der Waals surface area contributed by atoms with E-state index in [0.29, 0.717) is 19.3 Å². The Kier molecular flexibility index (Phi) is 6.98. The Morgan fingerprint density at radius 3 is 2.88 bits per heavy atom. The number of alkyl halides is 1. The van der Waals surface area contributed by atoms with Gasteiger partial charge in [-0.05, 0) is 51.0 Å². The summed E-state index contributed by atoms with van der Waals surface area (Å²) in [6.45, 7) is 4.51. The highest BCUT2D eigenvalue weighted by atomic mass is 19.1. The molecule has 26 heavy (non-hydrogen) atoms. The fraction of sp³-hybridized carbons (Fsp3) is 0.905. The lowest BCUT2D eigenvalue weighted by Crippen LogP contribution is -2.26. The molecule has 0 spiro atoms. The van der Waals surface area contributed by atoms with Crippen molar-refractivity contribution in [3.05, 3.63) is 11.8 Å². The Morgan fingerprint density at radius 2 is 2.15 bits per heavy atom. The van der Waals surface area contributed by atoms with Crippen molar-refractivity contribution in [2.45, 2.75) is 102 Å². The predicted octanol–water partition coefficient (Wildman–Crippen LogP) is 4.86. The van der Waals surface area contributed by atoms with Crippen molar-refractivity contribution in [3.63, 3.8) is 0 Å². The van der Waals surface area contributed by atoms with Gasteiger partial charge in [0.05, 0.1) is 18.5 Å². The van der Waals surface area contributed by atoms with Crippen molar-refractivity contribution in [1.82, 2.24) is 0 Å². The standard InChI is InChI=1S/C21H35FO4/c1-3-4-11-21(2,22)12-10-18(26-20-7-5-6-13-24-20)15-8-9-17-16(15)14-19(23)25-17/h10,15-17,19-20,23H,3-9,11-14H2,1-2H3/t15-,16+,17+,19?,20?,21?/m0/s1. The van der Waals surface area contributed by atoms with Gasteiger partial charge in [0.25, 0.3) is 0 Å². The van der Waals surface area contributed by atoms with E-state index in [4.69, 9.17) is 14.2 Å². The van der Waals surface area contributed by atoms with Crippen LogP contribution in [-0.2, 0) is 14.2 Å². The first-order valence-electron chi connectivity index (χ1n) is 10.5. The minimum absolute atomic E-state index is 0.103. The summed E-state index contributed by atoms with van der Waals surface area (Å²) in [5.41, 5.74) is -1.21. The molecule has 0 aromatic rings. The van der Waals surface area contributed by atoms with E-state index >= 15 is 0 Å². The molecule has 3 fully saturated rings. The van der Waals surface area contributed by atoms with E-state index in [0.717, 1.165) is 57.3 Å². The van der Waals surface area contributed by atoms with Gasteiger partial charge in [-0.1, -0.05) is 19.8 Å². The van der Waals surface area contributed by atoms with Crippen LogP contribution in [0.5, 0.6) is 0 Å². The van der Waals surface area contributed by atoms with Gasteiger partial charge in [-0.2, -0.15) is 0 Å². The molecule has 1 N–H and O–H groups in total. The predicted molar refractivity (Wildman–Crippen MR) is 98.1 cm³/mol. The normalized spacial score (nSPS) is 37.4. The summed E-state index contributed by atoms with van der Waals surface area (Å²) >= 11 is 0. The van der Waals surface area contributed by atoms with Crippen LogP contribution in [0.1, 0.15) is 78.1 Å². The second-order valence-electron chi connectivity index (χ2n) is 8.45. The van der Waals surface area contributed by atoms with Gasteiger partial charge in [0.2, 0.25) is 0 Å². The number of unbranched alkanes of at least 4 members (excludes halogenated alkanes) is 1. The fourth-order valence-corrected chi connectivity index (χ4v) is 4.56. The van der Waals surface area contributed by atoms with E-state index in [1.807, 2.05) is 6.08 Å². The van der Waals surface area contributed by atoms with E-state index in [-0.39, 0.29) is 24.2 Å². The van der Waals surface area contributed by atoms with Crippen molar-refractivity contribution < 1.29 is 23.7 Å². The molecule has 1 aliphatic carbocycles. The largest absolute Gasteiger partial charge is 0.469 e. The number of aliphatic hydroxyl groups is 1. The Labute approximate surface area is 157 Å². The number of rotatable bonds is 8. The Hall–Kier alpha value is -0.650. The van der Waals surface area contributed by atoms with Crippen LogP contribution < -0.4 is 0 Å². The zero-order valence-electron chi connectivity index (χ0n) is 16.3. The van der Waals surface area contributed by atoms with Crippen LogP contribution >= 0.6 is 0 Å². The number of hydrogen-bond acceptors (Lipinski definition) is 4. The average molecular weight is 371 g/mol. The van der Waals surface area contributed by atoms with Gasteiger partial charge < -0.3 is 19.3 Å². The first kappa shape index (κ1) is 20.1. The number of aliphatic hydroxyl groups excluding tert-OH is 1. The van der Waals surface area contributed by atoms with E-state index in [1.54, 1.807) is 6.92 Å². The molecule has 0 bridgehead atoms. The smallest absolute Gasteiger partial charge is 0.199 e. The molecular formula is C21H35FO4. The molecule has 3 aliphatic rings. The first-order valence-corrected chi connectivity index (χ1v) is 10.5. The van der Waals surface area contributed by atoms with E-state index in [1.165, 1.54) is 0 Å². The number of ether oxygens (including phenoxy) is 3. The maximum atomic E-state index is 14.8. The lowest BCUT2D eigenvalue weighted by atomic mass is 9.89. The second kappa shape index (κ2) is 9.03. The van der Waals surface area contributed by atoms with Gasteiger partial charge in [0, 0.05) is 25.2 Å². The molecule has 3 unspecified atom stereocenters. The zero-order valence-corrected chi connectivity index (χ0v) is 16.3. The first-order chi connectivity index (χ1) is 12.5. The van der Waals surface area contributed by atoms with Crippen molar-refractivity contribution >= 4 is 0 Å². The van der Waals surface area contributed by atoms with E-state index < -0.39 is 12.0 Å². The molecule has 0 aromatic heterocycles. The van der Waals surface area contributed by atoms with E-state index in [9.17, 15) is 9.50 Å². The SMILES string of the molecule is CCCCC(C)(F)CC=C(OC1CCCCO1)[C@H]1CC[C@H]2OC(O)C[C@H]12. The quantitative estimate of drug-likeness (QED) is 0.620. The highest BCUT2D eigenvalue weighted by molar-refractivity contribution is 5.09. The third-order valence-corrected chi connectivity index (χ3v) is 6.11. The van der Waals surface area contributed by atoms with Crippen molar-refractivity contribution in [2.75, 3.05) is 6.61 Å². The van der Waals surface area contributed by atoms with Gasteiger partial charge in [-0.15, -0.1) is 0 Å². The summed E-state index contributed by atoms with van der Waals surface area (Å²) in [6.07, 6.45) is 9.64. The molecular weight excluding hydrogens is 335 g/mol. The van der Waals surface area contributed by atoms with Crippen LogP contribution in [0.15, 0.2) is 11.8 Å². The Morgan fingerprint density at radius 1 is 1.31 bits per heavy atom. The Bertz CT molecular complexity index is 473. The molecule has 0 amide bonds. The Balaban J connectivity index is 1.69. The monoisotopic (exact) mass is 370 g/mol. The third-order valence-electron chi connectivity index (χ3n) is 6.11. The van der Waals surface area contributed by atoms with Gasteiger partial charge in [0.1, 0.15) is 5.67 Å². The van der Waals surface area contributed by atoms with Gasteiger partial charge in [-0.3, -0.25) is 0 Å². The summed E-state index contributed by atoms with van der Waals surface area (Å²) in [4.78, 5) is 0. The minimum Gasteiger partial charge on any atom is -0.469 e. The molecule has 2 heterocycles. The molecule has 5 heteroatoms. The molecule has 0 aromatic carbocycles. The molecule has 4 nitrogen and oxygen atoms in total. The molecule has 6 atom stereocenters. The molecule has 1 saturated carbocycles. The van der Waals surface area contributed by atoms with Crippen LogP contribution in [0.3, 0.4) is 0 Å². The number of halogens is 1. The van der Waals surface area contributed by atoms with Crippen LogP contribution in [0.4, 0.5) is 4.39 Å². The number of hydrogen-bond donors (Lipinski definition) is 1. The third kappa shape index (κ3) is 5.20. The maximum absolute atomic E-state index is 14.8. The lowest BCUT2D eigenvalue weighted by molar-refractivity contribution is -0.145. The fourth-order valence-electron chi connectivity index (χ4n) is 4.56. The van der Waals surface area contributed by atoms with Gasteiger partial charge >= 0.3 is 0 Å². The van der Waals surface area contributed by atoms with Crippen LogP contribution in [0.2, 0.25) is 0 Å². The second-order valence-corrected chi connectivity index (χ2v) is 8.45. The van der Waals surface area contributed by atoms with Crippen LogP contribution in [-0.4, -0.2) is 36.1 Å². The molecule has 150 valence electrons. The maximum Gasteiger partial charge on any atom is 0.199 e. The summed E-state index contributed by atoms with van der Waals surface area (Å²) in [7, 11) is 0. The minimum atomic E-state index is -1.21. The van der Waals surface area contributed by atoms with Crippen molar-refractivity contribution in [3.8, 4) is 0 Å². The lowest BCUT2D eigenvalue weighted by Gasteiger charge is -2.29. The van der Waals surface area contributed by atoms with Crippen molar-refractivity contribution in [1.29, 1.82) is 0 Å². The summed E-state index contributed by atoms with van der Waals surface area (Å²) in [6, 6.07) is 0. The average Bonchev–Trinajstić information content (AvgIpc) is 3.17. The molecule has 0 radical (unpaired) electrons. The number of fused-ring (bicyclic) bond motifs is 1. The topological polar surface area (TPSA) is 47.9 Å². The van der Waals surface area contributed by atoms with E-state index in [2.05, 4.69) is 6.92 Å². The van der Waals surface area contributed by atoms with Crippen LogP contribution in [0, 0.1) is 11.8 Å². The molecule has 2 saturated heterocycles. The summed E-state index contributed by atoms with van der Waals surface area (Å²) in [5, 5.41) is 9.85. The van der Waals surface area contributed by atoms with Gasteiger partial charge in [-0.25, -0.2) is 4.39 Å².